The van der Waals surface area contributed by atoms with Gasteiger partial charge < -0.3 is 9.64 Å². The van der Waals surface area contributed by atoms with E-state index in [0.29, 0.717) is 18.2 Å². The molecule has 0 saturated carbocycles. The Kier molecular flexibility index (Phi) is 3.31. The summed E-state index contributed by atoms with van der Waals surface area (Å²) in [5, 5.41) is 3.77. The van der Waals surface area contributed by atoms with Gasteiger partial charge in [-0.15, -0.1) is 0 Å². The normalized spacial score (nSPS) is 15.7. The molecule has 19 heavy (non-hydrogen) atoms. The summed E-state index contributed by atoms with van der Waals surface area (Å²) in [4.78, 5) is 14.1. The van der Waals surface area contributed by atoms with Gasteiger partial charge in [0.05, 0.1) is 18.9 Å². The van der Waals surface area contributed by atoms with E-state index in [-0.39, 0.29) is 5.56 Å². The topological polar surface area (TPSA) is 50.3 Å². The summed E-state index contributed by atoms with van der Waals surface area (Å²) in [6.45, 7) is 2.96. The van der Waals surface area contributed by atoms with Gasteiger partial charge in [0.2, 0.25) is 0 Å². The fourth-order valence-corrected chi connectivity index (χ4v) is 2.26. The van der Waals surface area contributed by atoms with Gasteiger partial charge >= 0.3 is 0 Å². The average molecular weight is 280 g/mol. The summed E-state index contributed by atoms with van der Waals surface area (Å²) in [7, 11) is 0. The van der Waals surface area contributed by atoms with Gasteiger partial charge in [-0.3, -0.25) is 9.89 Å². The zero-order valence-corrected chi connectivity index (χ0v) is 11.1. The van der Waals surface area contributed by atoms with E-state index in [1.54, 1.807) is 18.2 Å². The largest absolute Gasteiger partial charge is 0.378 e. The average Bonchev–Trinajstić information content (AvgIpc) is 2.83. The predicted molar refractivity (Wildman–Crippen MR) is 74.4 cm³/mol. The van der Waals surface area contributed by atoms with E-state index >= 15 is 0 Å². The van der Waals surface area contributed by atoms with Crippen molar-refractivity contribution in [2.24, 2.45) is 0 Å². The van der Waals surface area contributed by atoms with E-state index in [4.69, 9.17) is 16.3 Å². The number of aromatic nitrogens is 2. The van der Waals surface area contributed by atoms with Crippen LogP contribution in [0.5, 0.6) is 0 Å². The van der Waals surface area contributed by atoms with E-state index in [0.717, 1.165) is 24.6 Å². The fourth-order valence-electron chi connectivity index (χ4n) is 2.13. The molecule has 0 bridgehead atoms. The molecule has 5 nitrogen and oxygen atoms in total. The number of nitrogens with one attached hydrogen (secondary N) is 1. The van der Waals surface area contributed by atoms with Crippen molar-refractivity contribution in [2.75, 3.05) is 31.2 Å². The molecule has 1 saturated heterocycles. The first-order valence-electron chi connectivity index (χ1n) is 6.15. The van der Waals surface area contributed by atoms with Crippen molar-refractivity contribution in [2.45, 2.75) is 0 Å². The standard InChI is InChI=1S/C13H14ClN3O2/c14-10-1-3-11(4-2-10)17-13(18)9-12(15-17)16-5-7-19-8-6-16/h1-4,9,15H,5-8H2. The molecule has 3 rings (SSSR count). The van der Waals surface area contributed by atoms with Crippen molar-refractivity contribution < 1.29 is 4.74 Å². The maximum absolute atomic E-state index is 12.0. The molecule has 0 aliphatic carbocycles. The number of H-pyrrole nitrogens is 1. The van der Waals surface area contributed by atoms with Crippen molar-refractivity contribution >= 4 is 17.4 Å². The van der Waals surface area contributed by atoms with Crippen LogP contribution in [0, 0.1) is 0 Å². The van der Waals surface area contributed by atoms with Crippen LogP contribution in [0.3, 0.4) is 0 Å². The number of anilines is 1. The lowest BCUT2D eigenvalue weighted by atomic mass is 10.3. The monoisotopic (exact) mass is 279 g/mol. The van der Waals surface area contributed by atoms with Gasteiger partial charge in [-0.05, 0) is 24.3 Å². The van der Waals surface area contributed by atoms with Crippen LogP contribution in [-0.2, 0) is 4.74 Å². The molecule has 100 valence electrons. The molecular formula is C13H14ClN3O2. The summed E-state index contributed by atoms with van der Waals surface area (Å²) >= 11 is 5.85. The van der Waals surface area contributed by atoms with Crippen molar-refractivity contribution in [1.82, 2.24) is 9.78 Å². The van der Waals surface area contributed by atoms with E-state index in [1.807, 2.05) is 12.1 Å². The number of ether oxygens (including phenoxy) is 1. The summed E-state index contributed by atoms with van der Waals surface area (Å²) < 4.78 is 6.82. The second kappa shape index (κ2) is 5.11. The number of rotatable bonds is 2. The minimum Gasteiger partial charge on any atom is -0.378 e. The third kappa shape index (κ3) is 2.52. The summed E-state index contributed by atoms with van der Waals surface area (Å²) in [5.41, 5.74) is 0.692. The van der Waals surface area contributed by atoms with Crippen molar-refractivity contribution in [3.8, 4) is 5.69 Å². The van der Waals surface area contributed by atoms with E-state index in [2.05, 4.69) is 10.00 Å². The maximum Gasteiger partial charge on any atom is 0.273 e. The van der Waals surface area contributed by atoms with Crippen LogP contribution in [0.4, 0.5) is 5.82 Å². The number of hydrogen-bond donors (Lipinski definition) is 1. The highest BCUT2D eigenvalue weighted by atomic mass is 35.5. The molecule has 1 fully saturated rings. The molecule has 2 heterocycles. The highest BCUT2D eigenvalue weighted by molar-refractivity contribution is 6.30. The minimum absolute atomic E-state index is 0.0798. The Morgan fingerprint density at radius 1 is 1.16 bits per heavy atom. The van der Waals surface area contributed by atoms with Crippen molar-refractivity contribution in [3.05, 3.63) is 45.7 Å². The van der Waals surface area contributed by atoms with Gasteiger partial charge in [0, 0.05) is 24.2 Å². The molecule has 1 aromatic heterocycles. The highest BCUT2D eigenvalue weighted by Crippen LogP contribution is 2.14. The van der Waals surface area contributed by atoms with Crippen LogP contribution in [0.15, 0.2) is 35.1 Å². The van der Waals surface area contributed by atoms with Gasteiger partial charge in [-0.25, -0.2) is 4.68 Å². The van der Waals surface area contributed by atoms with E-state index < -0.39 is 0 Å². The summed E-state index contributed by atoms with van der Waals surface area (Å²) in [5.74, 6) is 0.822. The van der Waals surface area contributed by atoms with E-state index in [1.165, 1.54) is 4.68 Å². The lowest BCUT2D eigenvalue weighted by Crippen LogP contribution is -2.36. The Labute approximate surface area is 115 Å². The zero-order chi connectivity index (χ0) is 13.2. The fraction of sp³-hybridized carbons (Fsp3) is 0.308. The molecule has 1 aromatic carbocycles. The molecule has 6 heteroatoms. The molecule has 1 N–H and O–H groups in total. The minimum atomic E-state index is -0.0798. The second-order valence-electron chi connectivity index (χ2n) is 4.39. The Hall–Kier alpha value is -1.72. The van der Waals surface area contributed by atoms with Crippen LogP contribution in [0.25, 0.3) is 5.69 Å². The van der Waals surface area contributed by atoms with Gasteiger partial charge in [0.1, 0.15) is 5.82 Å². The third-order valence-electron chi connectivity index (χ3n) is 3.14. The molecule has 0 unspecified atom stereocenters. The second-order valence-corrected chi connectivity index (χ2v) is 4.83. The van der Waals surface area contributed by atoms with Crippen LogP contribution < -0.4 is 10.5 Å². The molecule has 0 atom stereocenters. The number of benzene rings is 1. The first-order valence-corrected chi connectivity index (χ1v) is 6.52. The molecule has 2 aromatic rings. The van der Waals surface area contributed by atoms with Crippen molar-refractivity contribution in [1.29, 1.82) is 0 Å². The van der Waals surface area contributed by atoms with Crippen LogP contribution in [-0.4, -0.2) is 36.1 Å². The van der Waals surface area contributed by atoms with Gasteiger partial charge in [0.25, 0.3) is 5.56 Å². The highest BCUT2D eigenvalue weighted by Gasteiger charge is 2.14. The van der Waals surface area contributed by atoms with E-state index in [9.17, 15) is 4.79 Å². The smallest absolute Gasteiger partial charge is 0.273 e. The molecular weight excluding hydrogens is 266 g/mol. The SMILES string of the molecule is O=c1cc(N2CCOCC2)[nH]n1-c1ccc(Cl)cc1. The predicted octanol–water partition coefficient (Wildman–Crippen LogP) is 1.66. The number of morpholine rings is 1. The number of halogens is 1. The van der Waals surface area contributed by atoms with Crippen molar-refractivity contribution in [3.63, 3.8) is 0 Å². The van der Waals surface area contributed by atoms with Gasteiger partial charge in [-0.1, -0.05) is 11.6 Å². The number of nitrogens with zero attached hydrogens (tertiary/aromatic N) is 2. The molecule has 1 aliphatic heterocycles. The molecule has 0 amide bonds. The van der Waals surface area contributed by atoms with Gasteiger partial charge in [-0.2, -0.15) is 0 Å². The first-order chi connectivity index (χ1) is 9.24. The Bertz CT molecular complexity index is 612. The lowest BCUT2D eigenvalue weighted by molar-refractivity contribution is 0.122. The molecule has 0 radical (unpaired) electrons. The van der Waals surface area contributed by atoms with Crippen LogP contribution in [0.2, 0.25) is 5.02 Å². The number of hydrogen-bond acceptors (Lipinski definition) is 3. The Morgan fingerprint density at radius 3 is 2.53 bits per heavy atom. The Balaban J connectivity index is 1.92. The lowest BCUT2D eigenvalue weighted by Gasteiger charge is -2.27. The Morgan fingerprint density at radius 2 is 1.84 bits per heavy atom. The zero-order valence-electron chi connectivity index (χ0n) is 10.3. The van der Waals surface area contributed by atoms with Crippen LogP contribution >= 0.6 is 11.6 Å². The quantitative estimate of drug-likeness (QED) is 0.909. The third-order valence-corrected chi connectivity index (χ3v) is 3.40. The maximum atomic E-state index is 12.0. The molecule has 0 spiro atoms. The summed E-state index contributed by atoms with van der Waals surface area (Å²) in [6.07, 6.45) is 0. The van der Waals surface area contributed by atoms with Crippen LogP contribution in [0.1, 0.15) is 0 Å². The summed E-state index contributed by atoms with van der Waals surface area (Å²) in [6, 6.07) is 8.75. The molecule has 1 aliphatic rings. The number of aromatic amines is 1. The van der Waals surface area contributed by atoms with Gasteiger partial charge in [0.15, 0.2) is 0 Å². The first kappa shape index (κ1) is 12.3.